The average Bonchev–Trinajstić information content (AvgIpc) is 3.43. The SMILES string of the molecule is Cc1ncc(-c2cc3c(cn2)[nH]c2ncc(-c4ccc(CN5CCCCC5)cc4)cc23)s1. The first kappa shape index (κ1) is 19.6. The second kappa shape index (κ2) is 8.11. The Morgan fingerprint density at radius 3 is 2.50 bits per heavy atom. The van der Waals surface area contributed by atoms with Gasteiger partial charge in [0.1, 0.15) is 5.65 Å². The standard InChI is InChI=1S/C26H25N5S/c1-17-27-15-25(32-17)23-12-21-22-11-20(13-29-26(22)30-24(21)14-28-23)19-7-5-18(6-8-19)16-31-9-3-2-4-10-31/h5-8,11-15H,2-4,9-10,16H2,1H3,(H,29,30). The van der Waals surface area contributed by atoms with E-state index in [0.717, 1.165) is 49.6 Å². The number of nitrogens with one attached hydrogen (secondary N) is 1. The molecule has 5 heterocycles. The molecule has 5 nitrogen and oxygen atoms in total. The number of likely N-dealkylation sites (tertiary alicyclic amines) is 1. The fourth-order valence-electron chi connectivity index (χ4n) is 4.63. The van der Waals surface area contributed by atoms with Gasteiger partial charge in [-0.1, -0.05) is 30.7 Å². The van der Waals surface area contributed by atoms with E-state index in [9.17, 15) is 0 Å². The van der Waals surface area contributed by atoms with Gasteiger partial charge in [0.05, 0.1) is 27.3 Å². The van der Waals surface area contributed by atoms with Crippen LogP contribution in [-0.4, -0.2) is 37.9 Å². The van der Waals surface area contributed by atoms with Crippen molar-refractivity contribution in [1.29, 1.82) is 0 Å². The lowest BCUT2D eigenvalue weighted by atomic mass is 10.0. The molecule has 0 amide bonds. The highest BCUT2D eigenvalue weighted by Gasteiger charge is 2.13. The van der Waals surface area contributed by atoms with Crippen molar-refractivity contribution in [3.8, 4) is 21.7 Å². The van der Waals surface area contributed by atoms with Gasteiger partial charge in [-0.2, -0.15) is 0 Å². The lowest BCUT2D eigenvalue weighted by Crippen LogP contribution is -2.28. The maximum Gasteiger partial charge on any atom is 0.138 e. The van der Waals surface area contributed by atoms with E-state index in [1.807, 2.05) is 25.5 Å². The number of hydrogen-bond donors (Lipinski definition) is 1. The number of aromatic nitrogens is 4. The lowest BCUT2D eigenvalue weighted by molar-refractivity contribution is 0.221. The monoisotopic (exact) mass is 439 g/mol. The van der Waals surface area contributed by atoms with Crippen LogP contribution in [0, 0.1) is 6.92 Å². The molecule has 1 aliphatic heterocycles. The molecule has 6 rings (SSSR count). The number of piperidine rings is 1. The van der Waals surface area contributed by atoms with Gasteiger partial charge >= 0.3 is 0 Å². The number of aromatic amines is 1. The normalized spacial score (nSPS) is 15.0. The van der Waals surface area contributed by atoms with Gasteiger partial charge in [-0.25, -0.2) is 9.97 Å². The molecule has 0 unspecified atom stereocenters. The van der Waals surface area contributed by atoms with Crippen LogP contribution in [0.25, 0.3) is 43.6 Å². The van der Waals surface area contributed by atoms with E-state index in [0.29, 0.717) is 0 Å². The third-order valence-electron chi connectivity index (χ3n) is 6.35. The number of aryl methyl sites for hydroxylation is 1. The summed E-state index contributed by atoms with van der Waals surface area (Å²) in [7, 11) is 0. The van der Waals surface area contributed by atoms with Crippen LogP contribution in [0.2, 0.25) is 0 Å². The zero-order chi connectivity index (χ0) is 21.5. The predicted octanol–water partition coefficient (Wildman–Crippen LogP) is 6.20. The van der Waals surface area contributed by atoms with E-state index in [-0.39, 0.29) is 0 Å². The van der Waals surface area contributed by atoms with Crippen LogP contribution >= 0.6 is 11.3 Å². The Morgan fingerprint density at radius 2 is 1.72 bits per heavy atom. The number of rotatable bonds is 4. The molecule has 1 saturated heterocycles. The van der Waals surface area contributed by atoms with E-state index in [1.54, 1.807) is 11.3 Å². The zero-order valence-corrected chi connectivity index (χ0v) is 19.0. The van der Waals surface area contributed by atoms with Crippen molar-refractivity contribution in [3.63, 3.8) is 0 Å². The minimum atomic E-state index is 0.893. The number of H-pyrrole nitrogens is 1. The first-order valence-electron chi connectivity index (χ1n) is 11.2. The van der Waals surface area contributed by atoms with Crippen molar-refractivity contribution in [2.75, 3.05) is 13.1 Å². The highest BCUT2D eigenvalue weighted by atomic mass is 32.1. The summed E-state index contributed by atoms with van der Waals surface area (Å²) in [6.07, 6.45) is 9.79. The van der Waals surface area contributed by atoms with Crippen molar-refractivity contribution < 1.29 is 0 Å². The summed E-state index contributed by atoms with van der Waals surface area (Å²) in [5, 5.41) is 3.32. The van der Waals surface area contributed by atoms with Gasteiger partial charge in [-0.15, -0.1) is 11.3 Å². The Morgan fingerprint density at radius 1 is 0.875 bits per heavy atom. The molecular formula is C26H25N5S. The Labute approximate surface area is 191 Å². The zero-order valence-electron chi connectivity index (χ0n) is 18.1. The summed E-state index contributed by atoms with van der Waals surface area (Å²) >= 11 is 1.67. The molecule has 1 N–H and O–H groups in total. The topological polar surface area (TPSA) is 57.7 Å². The Bertz CT molecular complexity index is 1390. The summed E-state index contributed by atoms with van der Waals surface area (Å²) in [5.74, 6) is 0. The fraction of sp³-hybridized carbons (Fsp3) is 0.269. The summed E-state index contributed by atoms with van der Waals surface area (Å²) < 4.78 is 0. The molecule has 0 radical (unpaired) electrons. The minimum Gasteiger partial charge on any atom is -0.338 e. The van der Waals surface area contributed by atoms with Gasteiger partial charge in [-0.3, -0.25) is 9.88 Å². The molecule has 0 bridgehead atoms. The molecule has 1 fully saturated rings. The molecule has 1 aromatic carbocycles. The Hall–Kier alpha value is -3.09. The van der Waals surface area contributed by atoms with Crippen molar-refractivity contribution in [2.45, 2.75) is 32.7 Å². The number of nitrogens with zero attached hydrogens (tertiary/aromatic N) is 4. The first-order chi connectivity index (χ1) is 15.7. The second-order valence-corrected chi connectivity index (χ2v) is 9.87. The summed E-state index contributed by atoms with van der Waals surface area (Å²) in [4.78, 5) is 20.8. The molecule has 160 valence electrons. The van der Waals surface area contributed by atoms with Crippen molar-refractivity contribution in [3.05, 3.63) is 65.6 Å². The van der Waals surface area contributed by atoms with Crippen molar-refractivity contribution in [1.82, 2.24) is 24.8 Å². The van der Waals surface area contributed by atoms with Gasteiger partial charge in [0.15, 0.2) is 0 Å². The number of benzene rings is 1. The van der Waals surface area contributed by atoms with Crippen LogP contribution in [0.3, 0.4) is 0 Å². The Kier molecular flexibility index (Phi) is 4.97. The molecule has 0 spiro atoms. The highest BCUT2D eigenvalue weighted by Crippen LogP contribution is 2.32. The van der Waals surface area contributed by atoms with Crippen molar-refractivity contribution in [2.24, 2.45) is 0 Å². The van der Waals surface area contributed by atoms with Gasteiger partial charge < -0.3 is 4.98 Å². The smallest absolute Gasteiger partial charge is 0.138 e. The van der Waals surface area contributed by atoms with E-state index in [1.165, 1.54) is 43.5 Å². The average molecular weight is 440 g/mol. The Balaban J connectivity index is 1.33. The molecule has 4 aromatic heterocycles. The lowest BCUT2D eigenvalue weighted by Gasteiger charge is -2.26. The largest absolute Gasteiger partial charge is 0.338 e. The number of fused-ring (bicyclic) bond motifs is 3. The molecule has 1 aliphatic rings. The van der Waals surface area contributed by atoms with Crippen LogP contribution in [0.15, 0.2) is 55.0 Å². The first-order valence-corrected chi connectivity index (χ1v) is 12.1. The molecule has 0 saturated carbocycles. The minimum absolute atomic E-state index is 0.893. The van der Waals surface area contributed by atoms with Crippen LogP contribution in [0.5, 0.6) is 0 Å². The fourth-order valence-corrected chi connectivity index (χ4v) is 5.37. The predicted molar refractivity (Wildman–Crippen MR) is 132 cm³/mol. The van der Waals surface area contributed by atoms with Crippen LogP contribution in [0.1, 0.15) is 29.8 Å². The van der Waals surface area contributed by atoms with Crippen LogP contribution in [0.4, 0.5) is 0 Å². The number of hydrogen-bond acceptors (Lipinski definition) is 5. The number of pyridine rings is 2. The third-order valence-corrected chi connectivity index (χ3v) is 7.29. The molecule has 6 heteroatoms. The summed E-state index contributed by atoms with van der Waals surface area (Å²) in [6, 6.07) is 13.4. The maximum absolute atomic E-state index is 4.72. The maximum atomic E-state index is 4.72. The molecule has 0 atom stereocenters. The summed E-state index contributed by atoms with van der Waals surface area (Å²) in [5.41, 5.74) is 6.57. The van der Waals surface area contributed by atoms with E-state index in [4.69, 9.17) is 4.98 Å². The number of thiazole rings is 1. The van der Waals surface area contributed by atoms with Gasteiger partial charge in [0.2, 0.25) is 0 Å². The van der Waals surface area contributed by atoms with Gasteiger partial charge in [-0.05, 0) is 56.1 Å². The van der Waals surface area contributed by atoms with Gasteiger partial charge in [0.25, 0.3) is 0 Å². The van der Waals surface area contributed by atoms with Gasteiger partial charge in [0, 0.05) is 35.3 Å². The molecule has 5 aromatic rings. The highest BCUT2D eigenvalue weighted by molar-refractivity contribution is 7.15. The van der Waals surface area contributed by atoms with E-state index >= 15 is 0 Å². The molecular weight excluding hydrogens is 414 g/mol. The van der Waals surface area contributed by atoms with Crippen LogP contribution < -0.4 is 0 Å². The van der Waals surface area contributed by atoms with Crippen molar-refractivity contribution >= 4 is 33.3 Å². The second-order valence-electron chi connectivity index (χ2n) is 8.64. The third kappa shape index (κ3) is 3.70. The molecule has 32 heavy (non-hydrogen) atoms. The quantitative estimate of drug-likeness (QED) is 0.362. The van der Waals surface area contributed by atoms with E-state index in [2.05, 4.69) is 56.3 Å². The summed E-state index contributed by atoms with van der Waals surface area (Å²) in [6.45, 7) is 5.51. The van der Waals surface area contributed by atoms with Crippen LogP contribution in [-0.2, 0) is 6.54 Å². The van der Waals surface area contributed by atoms with E-state index < -0.39 is 0 Å². The molecule has 0 aliphatic carbocycles.